The molecular weight excluding hydrogens is 396 g/mol. The molecule has 6 nitrogen and oxygen atoms in total. The summed E-state index contributed by atoms with van der Waals surface area (Å²) < 4.78 is 0. The molecule has 0 saturated carbocycles. The highest BCUT2D eigenvalue weighted by Gasteiger charge is 2.25. The normalized spacial score (nSPS) is 18.8. The van der Waals surface area contributed by atoms with Crippen LogP contribution in [0, 0.1) is 30.6 Å². The van der Waals surface area contributed by atoms with Gasteiger partial charge in [-0.05, 0) is 71.7 Å². The number of hydrogen-bond donors (Lipinski definition) is 3. The Morgan fingerprint density at radius 3 is 3.00 bits per heavy atom. The maximum absolute atomic E-state index is 9.06. The molecular formula is C26H30N6. The molecule has 2 aromatic rings. The number of aryl methyl sites for hydroxylation is 1. The smallest absolute Gasteiger partial charge is 0.130 e. The molecule has 6 heteroatoms. The summed E-state index contributed by atoms with van der Waals surface area (Å²) in [5.74, 6) is 0.675. The van der Waals surface area contributed by atoms with Crippen LogP contribution in [0.1, 0.15) is 45.8 Å². The van der Waals surface area contributed by atoms with Gasteiger partial charge in [0.05, 0.1) is 5.56 Å². The van der Waals surface area contributed by atoms with E-state index in [4.69, 9.17) is 10.7 Å². The Bertz CT molecular complexity index is 1120. The largest absolute Gasteiger partial charge is 0.346 e. The van der Waals surface area contributed by atoms with Gasteiger partial charge < -0.3 is 16.0 Å². The summed E-state index contributed by atoms with van der Waals surface area (Å²) >= 11 is 0. The minimum Gasteiger partial charge on any atom is -0.346 e. The predicted octanol–water partition coefficient (Wildman–Crippen LogP) is 4.12. The Balaban J connectivity index is 1.44. The molecule has 32 heavy (non-hydrogen) atoms. The van der Waals surface area contributed by atoms with Crippen LogP contribution in [0.4, 0.5) is 5.82 Å². The van der Waals surface area contributed by atoms with Crippen molar-refractivity contribution in [2.45, 2.75) is 32.7 Å². The molecule has 4 rings (SSSR count). The van der Waals surface area contributed by atoms with Gasteiger partial charge in [-0.2, -0.15) is 5.26 Å². The number of nitriles is 1. The summed E-state index contributed by atoms with van der Waals surface area (Å²) in [6.07, 6.45) is 6.97. The quantitative estimate of drug-likeness (QED) is 0.605. The van der Waals surface area contributed by atoms with E-state index in [1.807, 2.05) is 19.2 Å². The number of fused-ring (bicyclic) bond motifs is 1. The number of hydrogen-bond acceptors (Lipinski definition) is 6. The summed E-state index contributed by atoms with van der Waals surface area (Å²) in [5, 5.41) is 23.8. The fraction of sp³-hybridized carbons (Fsp3) is 0.346. The second-order valence-corrected chi connectivity index (χ2v) is 8.66. The van der Waals surface area contributed by atoms with E-state index >= 15 is 0 Å². The minimum atomic E-state index is 0.283. The summed E-state index contributed by atoms with van der Waals surface area (Å²) in [6, 6.07) is 8.77. The number of pyridine rings is 1. The van der Waals surface area contributed by atoms with Gasteiger partial charge in [-0.15, -0.1) is 0 Å². The average molecular weight is 427 g/mol. The van der Waals surface area contributed by atoms with Gasteiger partial charge in [0, 0.05) is 50.8 Å². The van der Waals surface area contributed by atoms with E-state index in [0.717, 1.165) is 43.6 Å². The third-order valence-electron chi connectivity index (χ3n) is 6.56. The monoisotopic (exact) mass is 426 g/mol. The van der Waals surface area contributed by atoms with Crippen molar-refractivity contribution in [3.63, 3.8) is 0 Å². The first-order valence-electron chi connectivity index (χ1n) is 11.1. The standard InChI is InChI=1S/C26H30N6/c1-17-4-5-23-19(3)24(7-6-22(17)23)25-16-32(9-8-29-25)15-20(11-27)13-30-26-10-18(2)21(12-28)14-31-26/h6-7,10-11,13-14,25,27,29H,1,4-5,8-9,15-16H2,2-3H3,(H,30,31)/b20-13+,27-11?/t25-/m0/s1. The highest BCUT2D eigenvalue weighted by molar-refractivity contribution is 5.77. The van der Waals surface area contributed by atoms with Crippen LogP contribution >= 0.6 is 0 Å². The molecule has 2 heterocycles. The molecule has 0 spiro atoms. The SMILES string of the molecule is C=C1CCc2c1ccc([C@@H]1CN(C/C(C=N)=C/Nc3cc(C)c(C#N)cn3)CCN1)c2C. The minimum absolute atomic E-state index is 0.283. The van der Waals surface area contributed by atoms with Crippen LogP contribution in [0.25, 0.3) is 5.57 Å². The van der Waals surface area contributed by atoms with Crippen molar-refractivity contribution in [2.24, 2.45) is 0 Å². The fourth-order valence-corrected chi connectivity index (χ4v) is 4.69. The van der Waals surface area contributed by atoms with E-state index < -0.39 is 0 Å². The fourth-order valence-electron chi connectivity index (χ4n) is 4.69. The first-order valence-corrected chi connectivity index (χ1v) is 11.1. The zero-order chi connectivity index (χ0) is 22.7. The first-order chi connectivity index (χ1) is 15.5. The third kappa shape index (κ3) is 4.50. The van der Waals surface area contributed by atoms with Crippen molar-refractivity contribution in [1.29, 1.82) is 10.7 Å². The Labute approximate surface area is 190 Å². The maximum atomic E-state index is 9.06. The number of allylic oxidation sites excluding steroid dienone is 1. The van der Waals surface area contributed by atoms with Crippen LogP contribution in [0.5, 0.6) is 0 Å². The van der Waals surface area contributed by atoms with Gasteiger partial charge >= 0.3 is 0 Å². The summed E-state index contributed by atoms with van der Waals surface area (Å²) in [6.45, 7) is 11.8. The van der Waals surface area contributed by atoms with Gasteiger partial charge in [0.25, 0.3) is 0 Å². The van der Waals surface area contributed by atoms with Crippen LogP contribution in [0.3, 0.4) is 0 Å². The molecule has 0 radical (unpaired) electrons. The van der Waals surface area contributed by atoms with Gasteiger partial charge in [0.15, 0.2) is 0 Å². The molecule has 0 amide bonds. The highest BCUT2D eigenvalue weighted by Crippen LogP contribution is 2.36. The number of piperazine rings is 1. The van der Waals surface area contributed by atoms with Gasteiger partial charge in [-0.25, -0.2) is 4.98 Å². The van der Waals surface area contributed by atoms with Crippen LogP contribution in [0.15, 0.2) is 42.7 Å². The van der Waals surface area contributed by atoms with E-state index in [0.29, 0.717) is 17.9 Å². The molecule has 164 valence electrons. The summed E-state index contributed by atoms with van der Waals surface area (Å²) in [4.78, 5) is 6.67. The second kappa shape index (κ2) is 9.47. The third-order valence-corrected chi connectivity index (χ3v) is 6.56. The maximum Gasteiger partial charge on any atom is 0.130 e. The topological polar surface area (TPSA) is 87.8 Å². The molecule has 1 saturated heterocycles. The summed E-state index contributed by atoms with van der Waals surface area (Å²) in [5.41, 5.74) is 9.17. The number of benzene rings is 1. The van der Waals surface area contributed by atoms with E-state index in [1.54, 1.807) is 6.20 Å². The van der Waals surface area contributed by atoms with E-state index in [1.165, 1.54) is 34.0 Å². The van der Waals surface area contributed by atoms with Crippen molar-refractivity contribution in [3.05, 3.63) is 76.1 Å². The molecule has 2 aliphatic rings. The van der Waals surface area contributed by atoms with Gasteiger partial charge in [0.1, 0.15) is 11.9 Å². The van der Waals surface area contributed by atoms with Crippen LogP contribution < -0.4 is 10.6 Å². The molecule has 0 bridgehead atoms. The Morgan fingerprint density at radius 1 is 1.41 bits per heavy atom. The highest BCUT2D eigenvalue weighted by atomic mass is 15.2. The number of anilines is 1. The molecule has 1 aliphatic heterocycles. The zero-order valence-corrected chi connectivity index (χ0v) is 18.8. The van der Waals surface area contributed by atoms with Crippen molar-refractivity contribution in [3.8, 4) is 6.07 Å². The average Bonchev–Trinajstić information content (AvgIpc) is 3.18. The molecule has 1 aliphatic carbocycles. The van der Waals surface area contributed by atoms with Crippen molar-refractivity contribution in [2.75, 3.05) is 31.5 Å². The molecule has 1 aromatic carbocycles. The Hall–Kier alpha value is -3.27. The first kappa shape index (κ1) is 21.9. The van der Waals surface area contributed by atoms with Crippen LogP contribution in [-0.2, 0) is 6.42 Å². The molecule has 1 aromatic heterocycles. The van der Waals surface area contributed by atoms with Gasteiger partial charge in [-0.1, -0.05) is 18.7 Å². The number of rotatable bonds is 6. The van der Waals surface area contributed by atoms with Crippen molar-refractivity contribution < 1.29 is 0 Å². The van der Waals surface area contributed by atoms with E-state index in [9.17, 15) is 0 Å². The predicted molar refractivity (Wildman–Crippen MR) is 130 cm³/mol. The number of nitrogens with one attached hydrogen (secondary N) is 3. The van der Waals surface area contributed by atoms with Crippen molar-refractivity contribution in [1.82, 2.24) is 15.2 Å². The zero-order valence-electron chi connectivity index (χ0n) is 18.8. The van der Waals surface area contributed by atoms with Crippen LogP contribution in [-0.4, -0.2) is 42.3 Å². The van der Waals surface area contributed by atoms with Crippen LogP contribution in [0.2, 0.25) is 0 Å². The van der Waals surface area contributed by atoms with Gasteiger partial charge in [0.2, 0.25) is 0 Å². The molecule has 1 fully saturated rings. The molecule has 1 atom stereocenters. The lowest BCUT2D eigenvalue weighted by molar-refractivity contribution is 0.217. The Kier molecular flexibility index (Phi) is 6.50. The molecule has 0 unspecified atom stereocenters. The summed E-state index contributed by atoms with van der Waals surface area (Å²) in [7, 11) is 0. The molecule has 3 N–H and O–H groups in total. The second-order valence-electron chi connectivity index (χ2n) is 8.66. The number of aromatic nitrogens is 1. The lowest BCUT2D eigenvalue weighted by Gasteiger charge is -2.35. The van der Waals surface area contributed by atoms with Gasteiger partial charge in [-0.3, -0.25) is 4.90 Å². The lowest BCUT2D eigenvalue weighted by Crippen LogP contribution is -2.46. The number of nitrogens with zero attached hydrogens (tertiary/aromatic N) is 3. The lowest BCUT2D eigenvalue weighted by atomic mass is 9.92. The van der Waals surface area contributed by atoms with Crippen molar-refractivity contribution >= 4 is 17.6 Å². The van der Waals surface area contributed by atoms with E-state index in [-0.39, 0.29) is 6.04 Å². The Morgan fingerprint density at radius 2 is 2.25 bits per heavy atom. The van der Waals surface area contributed by atoms with E-state index in [2.05, 4.69) is 52.2 Å².